The highest BCUT2D eigenvalue weighted by Crippen LogP contribution is 2.44. The lowest BCUT2D eigenvalue weighted by Gasteiger charge is -2.44. The van der Waals surface area contributed by atoms with Crippen LogP contribution in [0.3, 0.4) is 0 Å². The summed E-state index contributed by atoms with van der Waals surface area (Å²) in [5.74, 6) is 0.294. The molecule has 0 spiro atoms. The monoisotopic (exact) mass is 539 g/mol. The zero-order valence-electron chi connectivity index (χ0n) is 23.9. The number of nitrogens with zero attached hydrogens (tertiary/aromatic N) is 1. The van der Waals surface area contributed by atoms with Gasteiger partial charge in [-0.05, 0) is 53.7 Å². The number of ether oxygens (including phenoxy) is 2. The number of carbonyl (C=O) groups excluding carboxylic acids is 2. The number of esters is 1. The minimum Gasteiger partial charge on any atom is -0.460 e. The van der Waals surface area contributed by atoms with Gasteiger partial charge in [-0.2, -0.15) is 0 Å². The smallest absolute Gasteiger partial charge is 0.411 e. The Bertz CT molecular complexity index is 1260. The molecule has 210 valence electrons. The van der Waals surface area contributed by atoms with Crippen LogP contribution < -0.4 is 0 Å². The minimum atomic E-state index is -0.783. The molecule has 5 nitrogen and oxygen atoms in total. The highest BCUT2D eigenvalue weighted by molar-refractivity contribution is 5.85. The van der Waals surface area contributed by atoms with Crippen LogP contribution in [-0.4, -0.2) is 35.2 Å². The lowest BCUT2D eigenvalue weighted by atomic mass is 9.64. The van der Waals surface area contributed by atoms with Crippen molar-refractivity contribution in [2.45, 2.75) is 83.1 Å². The number of benzene rings is 3. The highest BCUT2D eigenvalue weighted by Gasteiger charge is 2.49. The van der Waals surface area contributed by atoms with Crippen LogP contribution in [0.15, 0.2) is 91.0 Å². The molecule has 1 saturated heterocycles. The molecule has 0 bridgehead atoms. The number of amides is 1. The summed E-state index contributed by atoms with van der Waals surface area (Å²) in [7, 11) is 0. The SMILES string of the molecule is C[C@@H]1CC[C@@H](C(C)(C)c2ccccc2)[C@@H](OC(=O)C2C(CCc3ccccc3)OC(=O)N2Cc2ccccc2)C1. The summed E-state index contributed by atoms with van der Waals surface area (Å²) in [5, 5.41) is 0. The normalized spacial score (nSPS) is 24.9. The van der Waals surface area contributed by atoms with E-state index >= 15 is 0 Å². The molecule has 0 N–H and O–H groups in total. The number of hydrogen-bond donors (Lipinski definition) is 0. The Kier molecular flexibility index (Phi) is 8.58. The van der Waals surface area contributed by atoms with E-state index in [-0.39, 0.29) is 23.4 Å². The minimum absolute atomic E-state index is 0.162. The molecule has 1 aliphatic carbocycles. The predicted octanol–water partition coefficient (Wildman–Crippen LogP) is 7.33. The molecule has 3 aromatic carbocycles. The summed E-state index contributed by atoms with van der Waals surface area (Å²) in [5.41, 5.74) is 3.19. The summed E-state index contributed by atoms with van der Waals surface area (Å²) in [6, 6.07) is 29.6. The molecule has 2 fully saturated rings. The fourth-order valence-electron chi connectivity index (χ4n) is 6.55. The molecule has 1 aliphatic heterocycles. The summed E-state index contributed by atoms with van der Waals surface area (Å²) < 4.78 is 12.3. The molecule has 2 aliphatic rings. The van der Waals surface area contributed by atoms with E-state index in [9.17, 15) is 9.59 Å². The highest BCUT2D eigenvalue weighted by atomic mass is 16.6. The quantitative estimate of drug-likeness (QED) is 0.267. The number of aryl methyl sites for hydroxylation is 1. The summed E-state index contributed by atoms with van der Waals surface area (Å²) in [6.07, 6.45) is 2.95. The van der Waals surface area contributed by atoms with Gasteiger partial charge in [0.2, 0.25) is 0 Å². The topological polar surface area (TPSA) is 55.8 Å². The third kappa shape index (κ3) is 6.24. The molecule has 1 amide bonds. The van der Waals surface area contributed by atoms with Gasteiger partial charge in [-0.15, -0.1) is 0 Å². The van der Waals surface area contributed by atoms with Crippen LogP contribution in [0, 0.1) is 11.8 Å². The number of hydrogen-bond acceptors (Lipinski definition) is 4. The summed E-state index contributed by atoms with van der Waals surface area (Å²) in [4.78, 5) is 28.8. The van der Waals surface area contributed by atoms with Crippen LogP contribution in [-0.2, 0) is 32.6 Å². The Labute approximate surface area is 238 Å². The molecule has 0 aromatic heterocycles. The molecule has 0 radical (unpaired) electrons. The van der Waals surface area contributed by atoms with Crippen molar-refractivity contribution < 1.29 is 19.1 Å². The van der Waals surface area contributed by atoms with Crippen molar-refractivity contribution >= 4 is 12.1 Å². The first-order valence-electron chi connectivity index (χ1n) is 14.6. The maximum atomic E-state index is 14.1. The fourth-order valence-corrected chi connectivity index (χ4v) is 6.55. The van der Waals surface area contributed by atoms with Crippen LogP contribution in [0.2, 0.25) is 0 Å². The van der Waals surface area contributed by atoms with Crippen LogP contribution >= 0.6 is 0 Å². The van der Waals surface area contributed by atoms with Crippen LogP contribution in [0.5, 0.6) is 0 Å². The van der Waals surface area contributed by atoms with E-state index in [0.717, 1.165) is 30.4 Å². The first kappa shape index (κ1) is 27.9. The molecule has 5 rings (SSSR count). The number of carbonyl (C=O) groups is 2. The van der Waals surface area contributed by atoms with Crippen LogP contribution in [0.25, 0.3) is 0 Å². The average molecular weight is 540 g/mol. The molecule has 3 aromatic rings. The molecular weight excluding hydrogens is 498 g/mol. The average Bonchev–Trinajstić information content (AvgIpc) is 3.28. The predicted molar refractivity (Wildman–Crippen MR) is 157 cm³/mol. The van der Waals surface area contributed by atoms with Gasteiger partial charge < -0.3 is 9.47 Å². The van der Waals surface area contributed by atoms with Crippen molar-refractivity contribution in [2.75, 3.05) is 0 Å². The van der Waals surface area contributed by atoms with Gasteiger partial charge in [0.05, 0.1) is 6.54 Å². The van der Waals surface area contributed by atoms with E-state index in [1.807, 2.05) is 54.6 Å². The van der Waals surface area contributed by atoms with Gasteiger partial charge >= 0.3 is 12.1 Å². The van der Waals surface area contributed by atoms with Gasteiger partial charge in [-0.1, -0.05) is 118 Å². The molecule has 5 heteroatoms. The molecule has 40 heavy (non-hydrogen) atoms. The second-order valence-electron chi connectivity index (χ2n) is 12.1. The van der Waals surface area contributed by atoms with Crippen molar-refractivity contribution in [3.63, 3.8) is 0 Å². The Balaban J connectivity index is 1.39. The van der Waals surface area contributed by atoms with Crippen molar-refractivity contribution in [1.82, 2.24) is 4.90 Å². The fraction of sp³-hybridized carbons (Fsp3) is 0.429. The van der Waals surface area contributed by atoms with Crippen LogP contribution in [0.1, 0.15) is 63.1 Å². The van der Waals surface area contributed by atoms with Crippen molar-refractivity contribution in [3.8, 4) is 0 Å². The standard InChI is InChI=1S/C35H41NO4/c1-25-19-21-29(35(2,3)28-17-11-6-12-18-28)31(23-25)39-33(37)32-30(22-20-26-13-7-4-8-14-26)40-34(38)36(32)24-27-15-9-5-10-16-27/h4-18,25,29-32H,19-24H2,1-3H3/t25-,29-,30?,31+,32?/m1/s1. The lowest BCUT2D eigenvalue weighted by molar-refractivity contribution is -0.163. The second kappa shape index (κ2) is 12.3. The van der Waals surface area contributed by atoms with E-state index in [2.05, 4.69) is 57.2 Å². The zero-order valence-corrected chi connectivity index (χ0v) is 23.9. The molecular formula is C35H41NO4. The van der Waals surface area contributed by atoms with Crippen molar-refractivity contribution in [2.24, 2.45) is 11.8 Å². The van der Waals surface area contributed by atoms with Crippen molar-refractivity contribution in [3.05, 3.63) is 108 Å². The van der Waals surface area contributed by atoms with Gasteiger partial charge in [0.15, 0.2) is 6.04 Å². The summed E-state index contributed by atoms with van der Waals surface area (Å²) >= 11 is 0. The Morgan fingerprint density at radius 2 is 1.50 bits per heavy atom. The van der Waals surface area contributed by atoms with E-state index in [0.29, 0.717) is 25.3 Å². The van der Waals surface area contributed by atoms with Crippen LogP contribution in [0.4, 0.5) is 4.79 Å². The van der Waals surface area contributed by atoms with Gasteiger partial charge in [0, 0.05) is 5.92 Å². The number of cyclic esters (lactones) is 1. The van der Waals surface area contributed by atoms with Gasteiger partial charge in [0.25, 0.3) is 0 Å². The molecule has 2 unspecified atom stereocenters. The number of rotatable bonds is 9. The molecule has 1 saturated carbocycles. The van der Waals surface area contributed by atoms with E-state index in [4.69, 9.17) is 9.47 Å². The van der Waals surface area contributed by atoms with E-state index in [1.165, 1.54) is 5.56 Å². The van der Waals surface area contributed by atoms with Gasteiger partial charge in [-0.3, -0.25) is 4.90 Å². The molecule has 1 heterocycles. The largest absolute Gasteiger partial charge is 0.460 e. The third-order valence-corrected chi connectivity index (χ3v) is 8.94. The second-order valence-corrected chi connectivity index (χ2v) is 12.1. The van der Waals surface area contributed by atoms with Gasteiger partial charge in [0.1, 0.15) is 12.2 Å². The maximum absolute atomic E-state index is 14.1. The first-order chi connectivity index (χ1) is 19.3. The van der Waals surface area contributed by atoms with Crippen molar-refractivity contribution in [1.29, 1.82) is 0 Å². The Hall–Kier alpha value is -3.60. The zero-order chi connectivity index (χ0) is 28.1. The molecule has 5 atom stereocenters. The van der Waals surface area contributed by atoms with E-state index in [1.54, 1.807) is 4.90 Å². The lowest BCUT2D eigenvalue weighted by Crippen LogP contribution is -2.49. The Morgan fingerprint density at radius 3 is 2.15 bits per heavy atom. The third-order valence-electron chi connectivity index (χ3n) is 8.94. The first-order valence-corrected chi connectivity index (χ1v) is 14.6. The van der Waals surface area contributed by atoms with E-state index < -0.39 is 18.2 Å². The van der Waals surface area contributed by atoms with Gasteiger partial charge in [-0.25, -0.2) is 9.59 Å². The summed E-state index contributed by atoms with van der Waals surface area (Å²) in [6.45, 7) is 7.06. The maximum Gasteiger partial charge on any atom is 0.411 e. The Morgan fingerprint density at radius 1 is 0.900 bits per heavy atom.